The molecule has 2 aromatic carbocycles. The number of hydrogen-bond donors (Lipinski definition) is 2. The van der Waals surface area contributed by atoms with Gasteiger partial charge in [0.25, 0.3) is 0 Å². The van der Waals surface area contributed by atoms with Crippen LogP contribution in [0.4, 0.5) is 24.5 Å². The van der Waals surface area contributed by atoms with Crippen LogP contribution in [0.1, 0.15) is 73.2 Å². The van der Waals surface area contributed by atoms with Gasteiger partial charge in [-0.1, -0.05) is 38.1 Å². The van der Waals surface area contributed by atoms with E-state index in [0.717, 1.165) is 4.68 Å². The first-order chi connectivity index (χ1) is 20.3. The van der Waals surface area contributed by atoms with Gasteiger partial charge in [0.1, 0.15) is 11.8 Å². The van der Waals surface area contributed by atoms with Crippen LogP contribution in [-0.4, -0.2) is 32.7 Å². The number of nitriles is 3. The number of alkyl halides is 3. The first-order valence-electron chi connectivity index (χ1n) is 13.6. The van der Waals surface area contributed by atoms with Gasteiger partial charge in [-0.2, -0.15) is 29.0 Å². The molecule has 0 aliphatic heterocycles. The van der Waals surface area contributed by atoms with E-state index in [1.807, 2.05) is 20.8 Å². The molecule has 1 saturated carbocycles. The lowest BCUT2D eigenvalue weighted by molar-refractivity contribution is -0.182. The Labute approximate surface area is 246 Å². The minimum Gasteiger partial charge on any atom is -0.383 e. The Morgan fingerprint density at radius 3 is 2.37 bits per heavy atom. The van der Waals surface area contributed by atoms with Crippen molar-refractivity contribution >= 4 is 22.3 Å². The third-order valence-corrected chi connectivity index (χ3v) is 7.62. The molecule has 43 heavy (non-hydrogen) atoms. The maximum atomic E-state index is 13.9. The summed E-state index contributed by atoms with van der Waals surface area (Å²) in [6.45, 7) is 8.42. The number of fused-ring (bicyclic) bond motifs is 1. The van der Waals surface area contributed by atoms with Gasteiger partial charge in [0.2, 0.25) is 0 Å². The molecule has 4 aromatic rings. The van der Waals surface area contributed by atoms with Crippen LogP contribution < -0.4 is 10.6 Å². The maximum absolute atomic E-state index is 13.9. The van der Waals surface area contributed by atoms with Crippen LogP contribution in [0.3, 0.4) is 0 Å². The molecule has 1 atom stereocenters. The molecule has 0 unspecified atom stereocenters. The molecule has 1 aliphatic carbocycles. The highest BCUT2D eigenvalue weighted by Crippen LogP contribution is 2.55. The van der Waals surface area contributed by atoms with Crippen molar-refractivity contribution in [2.75, 3.05) is 17.2 Å². The Hall–Kier alpha value is -5.15. The minimum absolute atomic E-state index is 0.0926. The SMILES string of the molecule is Cc1c(C#N)cccc1[C@H](Nc1cc(C#N)cc2c(NCC(C)(C)C)c(C#N)cnc12)c1cn(C2(C(F)(F)F)CC2)nn1. The number of hydrogen-bond acceptors (Lipinski definition) is 8. The third kappa shape index (κ3) is 5.42. The van der Waals surface area contributed by atoms with Gasteiger partial charge in [-0.05, 0) is 54.5 Å². The fourth-order valence-electron chi connectivity index (χ4n) is 5.04. The summed E-state index contributed by atoms with van der Waals surface area (Å²) < 4.78 is 42.6. The maximum Gasteiger partial charge on any atom is 0.413 e. The number of halogens is 3. The molecule has 218 valence electrons. The molecule has 2 aromatic heterocycles. The summed E-state index contributed by atoms with van der Waals surface area (Å²) in [6, 6.07) is 13.9. The van der Waals surface area contributed by atoms with Crippen LogP contribution in [0.15, 0.2) is 42.7 Å². The zero-order valence-corrected chi connectivity index (χ0v) is 24.0. The molecule has 0 spiro atoms. The van der Waals surface area contributed by atoms with Gasteiger partial charge in [-0.3, -0.25) is 4.98 Å². The van der Waals surface area contributed by atoms with E-state index in [9.17, 15) is 29.0 Å². The molecule has 0 radical (unpaired) electrons. The summed E-state index contributed by atoms with van der Waals surface area (Å²) >= 11 is 0. The Kier molecular flexibility index (Phi) is 7.23. The molecule has 9 nitrogen and oxygen atoms in total. The highest BCUT2D eigenvalue weighted by Gasteiger charge is 2.66. The average molecular weight is 584 g/mol. The van der Waals surface area contributed by atoms with Crippen LogP contribution in [0.25, 0.3) is 10.9 Å². The van der Waals surface area contributed by atoms with Crippen molar-refractivity contribution in [2.45, 2.75) is 58.3 Å². The molecule has 5 rings (SSSR count). The molecule has 12 heteroatoms. The molecule has 0 saturated heterocycles. The van der Waals surface area contributed by atoms with Crippen LogP contribution in [0.5, 0.6) is 0 Å². The third-order valence-electron chi connectivity index (χ3n) is 7.62. The van der Waals surface area contributed by atoms with Gasteiger partial charge in [-0.15, -0.1) is 5.10 Å². The van der Waals surface area contributed by atoms with E-state index in [-0.39, 0.29) is 29.5 Å². The zero-order valence-electron chi connectivity index (χ0n) is 24.0. The predicted octanol–water partition coefficient (Wildman–Crippen LogP) is 6.46. The van der Waals surface area contributed by atoms with Crippen molar-refractivity contribution in [2.24, 2.45) is 5.41 Å². The second-order valence-corrected chi connectivity index (χ2v) is 11.9. The van der Waals surface area contributed by atoms with Gasteiger partial charge >= 0.3 is 6.18 Å². The van der Waals surface area contributed by atoms with Gasteiger partial charge < -0.3 is 10.6 Å². The Morgan fingerprint density at radius 1 is 1.05 bits per heavy atom. The summed E-state index contributed by atoms with van der Waals surface area (Å²) in [5.74, 6) is 0. The second-order valence-electron chi connectivity index (χ2n) is 11.9. The van der Waals surface area contributed by atoms with Crippen LogP contribution >= 0.6 is 0 Å². The first kappa shape index (κ1) is 29.3. The number of nitrogens with one attached hydrogen (secondary N) is 2. The normalized spacial score (nSPS) is 14.8. The lowest BCUT2D eigenvalue weighted by Gasteiger charge is -2.24. The summed E-state index contributed by atoms with van der Waals surface area (Å²) in [5.41, 5.74) is 1.53. The number of aromatic nitrogens is 4. The van der Waals surface area contributed by atoms with Crippen molar-refractivity contribution in [3.05, 3.63) is 76.2 Å². The number of nitrogens with zero attached hydrogens (tertiary/aromatic N) is 7. The highest BCUT2D eigenvalue weighted by atomic mass is 19.4. The number of pyridine rings is 1. The van der Waals surface area contributed by atoms with Crippen LogP contribution in [0.2, 0.25) is 0 Å². The van der Waals surface area contributed by atoms with Crippen molar-refractivity contribution in [1.29, 1.82) is 15.8 Å². The van der Waals surface area contributed by atoms with Gasteiger partial charge in [0.15, 0.2) is 5.54 Å². The average Bonchev–Trinajstić information content (AvgIpc) is 3.65. The van der Waals surface area contributed by atoms with Crippen LogP contribution in [-0.2, 0) is 5.54 Å². The number of anilines is 2. The van der Waals surface area contributed by atoms with Gasteiger partial charge in [0, 0.05) is 18.1 Å². The quantitative estimate of drug-likeness (QED) is 0.253. The molecular weight excluding hydrogens is 555 g/mol. The van der Waals surface area contributed by atoms with Crippen LogP contribution in [0, 0.1) is 46.3 Å². The number of rotatable bonds is 7. The van der Waals surface area contributed by atoms with Crippen molar-refractivity contribution in [3.63, 3.8) is 0 Å². The van der Waals surface area contributed by atoms with Gasteiger partial charge in [-0.25, -0.2) is 4.68 Å². The van der Waals surface area contributed by atoms with Crippen molar-refractivity contribution < 1.29 is 13.2 Å². The summed E-state index contributed by atoms with van der Waals surface area (Å²) in [4.78, 5) is 4.54. The topological polar surface area (TPSA) is 139 Å². The fraction of sp³-hybridized carbons (Fsp3) is 0.355. The zero-order chi connectivity index (χ0) is 31.2. The second kappa shape index (κ2) is 10.6. The van der Waals surface area contributed by atoms with E-state index >= 15 is 0 Å². The standard InChI is InChI=1S/C31H28F3N9/c1-18-20(13-36)6-5-7-22(18)28(25-16-43(42-41-25)30(8-9-30)31(32,33)34)40-24-11-19(12-35)10-23-26(39-17-29(2,3)4)21(14-37)15-38-27(23)24/h5-7,10-11,15-16,28,40H,8-9,17H2,1-4H3,(H,38,39)/t28-/m0/s1. The van der Waals surface area contributed by atoms with E-state index in [2.05, 4.69) is 44.1 Å². The van der Waals surface area contributed by atoms with E-state index in [1.54, 1.807) is 37.3 Å². The summed E-state index contributed by atoms with van der Waals surface area (Å²) in [7, 11) is 0. The lowest BCUT2D eigenvalue weighted by atomic mass is 9.94. The fourth-order valence-corrected chi connectivity index (χ4v) is 5.04. The molecule has 1 fully saturated rings. The van der Waals surface area contributed by atoms with E-state index in [4.69, 9.17) is 0 Å². The Bertz CT molecular complexity index is 1840. The van der Waals surface area contributed by atoms with Crippen molar-refractivity contribution in [3.8, 4) is 18.2 Å². The molecular formula is C31H28F3N9. The monoisotopic (exact) mass is 583 g/mol. The summed E-state index contributed by atoms with van der Waals surface area (Å²) in [6.07, 6.45) is -1.95. The molecule has 2 N–H and O–H groups in total. The number of benzene rings is 2. The molecule has 1 aliphatic rings. The first-order valence-corrected chi connectivity index (χ1v) is 13.6. The lowest BCUT2D eigenvalue weighted by Crippen LogP contribution is -2.35. The smallest absolute Gasteiger partial charge is 0.383 e. The Morgan fingerprint density at radius 2 is 1.77 bits per heavy atom. The highest BCUT2D eigenvalue weighted by molar-refractivity contribution is 6.01. The largest absolute Gasteiger partial charge is 0.413 e. The Balaban J connectivity index is 1.69. The predicted molar refractivity (Wildman–Crippen MR) is 154 cm³/mol. The minimum atomic E-state index is -4.49. The summed E-state index contributed by atoms with van der Waals surface area (Å²) in [5, 5.41) is 44.7. The van der Waals surface area contributed by atoms with Gasteiger partial charge in [0.05, 0.1) is 58.0 Å². The van der Waals surface area contributed by atoms with E-state index in [0.29, 0.717) is 51.1 Å². The molecule has 0 bridgehead atoms. The van der Waals surface area contributed by atoms with E-state index < -0.39 is 17.8 Å². The molecule has 0 amide bonds. The molecule has 2 heterocycles. The van der Waals surface area contributed by atoms with Crippen molar-refractivity contribution in [1.82, 2.24) is 20.0 Å². The van der Waals surface area contributed by atoms with E-state index in [1.165, 1.54) is 12.4 Å².